The van der Waals surface area contributed by atoms with Gasteiger partial charge in [-0.2, -0.15) is 0 Å². The van der Waals surface area contributed by atoms with E-state index in [0.717, 1.165) is 20.7 Å². The average molecular weight is 265 g/mol. The van der Waals surface area contributed by atoms with E-state index in [9.17, 15) is 0 Å². The highest BCUT2D eigenvalue weighted by Gasteiger charge is 2.04. The highest BCUT2D eigenvalue weighted by molar-refractivity contribution is 8.00. The standard InChI is InChI=1S/C10H11N5S2/c1-6-14-15-10(17-6)16-5-7-2-3-13-8(4-7)9(11)12/h2-4H,5H2,1H3,(H3,11,12). The van der Waals surface area contributed by atoms with Crippen molar-refractivity contribution in [3.63, 3.8) is 0 Å². The van der Waals surface area contributed by atoms with Crippen LogP contribution in [-0.4, -0.2) is 21.0 Å². The van der Waals surface area contributed by atoms with Crippen molar-refractivity contribution in [3.8, 4) is 0 Å². The number of thioether (sulfide) groups is 1. The zero-order chi connectivity index (χ0) is 12.3. The minimum atomic E-state index is -0.0105. The molecule has 0 fully saturated rings. The molecule has 0 aromatic carbocycles. The molecule has 2 aromatic rings. The molecular formula is C10H11N5S2. The third-order valence-corrected chi connectivity index (χ3v) is 4.01. The Morgan fingerprint density at radius 2 is 2.35 bits per heavy atom. The average Bonchev–Trinajstić information content (AvgIpc) is 2.73. The zero-order valence-corrected chi connectivity index (χ0v) is 10.8. The molecule has 3 N–H and O–H groups in total. The first-order valence-corrected chi connectivity index (χ1v) is 6.67. The predicted molar refractivity (Wildman–Crippen MR) is 69.5 cm³/mol. The second-order valence-corrected chi connectivity index (χ2v) is 5.74. The van der Waals surface area contributed by atoms with E-state index in [1.807, 2.05) is 19.1 Å². The molecule has 2 heterocycles. The summed E-state index contributed by atoms with van der Waals surface area (Å²) in [4.78, 5) is 4.01. The summed E-state index contributed by atoms with van der Waals surface area (Å²) in [5, 5.41) is 16.3. The number of pyridine rings is 1. The van der Waals surface area contributed by atoms with Crippen LogP contribution in [-0.2, 0) is 5.75 Å². The first-order chi connectivity index (χ1) is 8.15. The van der Waals surface area contributed by atoms with Gasteiger partial charge in [-0.3, -0.25) is 10.4 Å². The van der Waals surface area contributed by atoms with E-state index in [1.54, 1.807) is 29.3 Å². The number of aromatic nitrogens is 3. The molecule has 5 nitrogen and oxygen atoms in total. The second-order valence-electron chi connectivity index (χ2n) is 3.34. The fraction of sp³-hybridized carbons (Fsp3) is 0.200. The number of amidine groups is 1. The molecule has 0 bridgehead atoms. The zero-order valence-electron chi connectivity index (χ0n) is 9.17. The van der Waals surface area contributed by atoms with Gasteiger partial charge in [0, 0.05) is 11.9 Å². The highest BCUT2D eigenvalue weighted by Crippen LogP contribution is 2.25. The number of aryl methyl sites for hydroxylation is 1. The van der Waals surface area contributed by atoms with Crippen molar-refractivity contribution >= 4 is 28.9 Å². The van der Waals surface area contributed by atoms with Crippen LogP contribution in [0.1, 0.15) is 16.3 Å². The Bertz CT molecular complexity index is 537. The van der Waals surface area contributed by atoms with Crippen molar-refractivity contribution in [1.82, 2.24) is 15.2 Å². The number of nitrogens with two attached hydrogens (primary N) is 1. The molecule has 2 aromatic heterocycles. The molecule has 0 aliphatic rings. The van der Waals surface area contributed by atoms with Crippen molar-refractivity contribution < 1.29 is 0 Å². The number of rotatable bonds is 4. The summed E-state index contributed by atoms with van der Waals surface area (Å²) in [6.07, 6.45) is 1.66. The number of hydrogen-bond donors (Lipinski definition) is 2. The lowest BCUT2D eigenvalue weighted by atomic mass is 10.2. The fourth-order valence-corrected chi connectivity index (χ4v) is 2.95. The van der Waals surface area contributed by atoms with Crippen LogP contribution >= 0.6 is 23.1 Å². The predicted octanol–water partition coefficient (Wildman–Crippen LogP) is 1.82. The van der Waals surface area contributed by atoms with E-state index in [-0.39, 0.29) is 5.84 Å². The summed E-state index contributed by atoms with van der Waals surface area (Å²) in [6.45, 7) is 1.93. The SMILES string of the molecule is Cc1nnc(SCc2ccnc(C(=N)N)c2)s1. The van der Waals surface area contributed by atoms with Crippen molar-refractivity contribution in [1.29, 1.82) is 5.41 Å². The lowest BCUT2D eigenvalue weighted by molar-refractivity contribution is 0.983. The monoisotopic (exact) mass is 265 g/mol. The second kappa shape index (κ2) is 5.24. The van der Waals surface area contributed by atoms with Crippen LogP contribution in [0.2, 0.25) is 0 Å². The lowest BCUT2D eigenvalue weighted by Crippen LogP contribution is -2.13. The van der Waals surface area contributed by atoms with Crippen LogP contribution in [0.4, 0.5) is 0 Å². The summed E-state index contributed by atoms with van der Waals surface area (Å²) in [5.41, 5.74) is 6.97. The maximum Gasteiger partial charge on any atom is 0.174 e. The Morgan fingerprint density at radius 3 is 3.00 bits per heavy atom. The van der Waals surface area contributed by atoms with Crippen molar-refractivity contribution in [2.75, 3.05) is 0 Å². The molecule has 0 aliphatic carbocycles. The van der Waals surface area contributed by atoms with Gasteiger partial charge in [-0.1, -0.05) is 23.1 Å². The van der Waals surface area contributed by atoms with E-state index < -0.39 is 0 Å². The topological polar surface area (TPSA) is 88.5 Å². The molecule has 88 valence electrons. The number of nitrogens with one attached hydrogen (secondary N) is 1. The summed E-state index contributed by atoms with van der Waals surface area (Å²) < 4.78 is 0.948. The first kappa shape index (κ1) is 12.0. The van der Waals surface area contributed by atoms with Crippen LogP contribution < -0.4 is 5.73 Å². The first-order valence-electron chi connectivity index (χ1n) is 4.87. The van der Waals surface area contributed by atoms with Crippen molar-refractivity contribution in [3.05, 3.63) is 34.6 Å². The van der Waals surface area contributed by atoms with E-state index >= 15 is 0 Å². The fourth-order valence-electron chi connectivity index (χ4n) is 1.19. The van der Waals surface area contributed by atoms with Crippen molar-refractivity contribution in [2.24, 2.45) is 5.73 Å². The van der Waals surface area contributed by atoms with Gasteiger partial charge in [0.05, 0.1) is 0 Å². The number of nitrogens with zero attached hydrogens (tertiary/aromatic N) is 3. The minimum absolute atomic E-state index is 0.0105. The molecule has 7 heteroatoms. The molecule has 0 spiro atoms. The van der Waals surface area contributed by atoms with Gasteiger partial charge in [-0.15, -0.1) is 10.2 Å². The van der Waals surface area contributed by atoms with Gasteiger partial charge < -0.3 is 5.73 Å². The Hall–Kier alpha value is -1.47. The Labute approximate surface area is 107 Å². The molecule has 0 saturated heterocycles. The van der Waals surface area contributed by atoms with Gasteiger partial charge in [0.2, 0.25) is 0 Å². The smallest absolute Gasteiger partial charge is 0.174 e. The summed E-state index contributed by atoms with van der Waals surface area (Å²) in [7, 11) is 0. The van der Waals surface area contributed by atoms with Crippen LogP contribution in [0.5, 0.6) is 0 Å². The molecule has 2 rings (SSSR count). The maximum atomic E-state index is 7.32. The highest BCUT2D eigenvalue weighted by atomic mass is 32.2. The Balaban J connectivity index is 2.04. The van der Waals surface area contributed by atoms with E-state index in [4.69, 9.17) is 11.1 Å². The molecule has 0 radical (unpaired) electrons. The van der Waals surface area contributed by atoms with Gasteiger partial charge in [0.15, 0.2) is 4.34 Å². The Morgan fingerprint density at radius 1 is 1.53 bits per heavy atom. The largest absolute Gasteiger partial charge is 0.382 e. The molecule has 17 heavy (non-hydrogen) atoms. The van der Waals surface area contributed by atoms with Gasteiger partial charge in [-0.05, 0) is 24.6 Å². The maximum absolute atomic E-state index is 7.32. The normalized spacial score (nSPS) is 10.4. The summed E-state index contributed by atoms with van der Waals surface area (Å²) in [5.74, 6) is 0.765. The minimum Gasteiger partial charge on any atom is -0.382 e. The summed E-state index contributed by atoms with van der Waals surface area (Å²) in [6, 6.07) is 3.73. The van der Waals surface area contributed by atoms with Gasteiger partial charge in [0.1, 0.15) is 16.5 Å². The van der Waals surface area contributed by atoms with Crippen LogP contribution in [0.25, 0.3) is 0 Å². The third kappa shape index (κ3) is 3.24. The van der Waals surface area contributed by atoms with Gasteiger partial charge in [-0.25, -0.2) is 0 Å². The van der Waals surface area contributed by atoms with Gasteiger partial charge in [0.25, 0.3) is 0 Å². The van der Waals surface area contributed by atoms with Crippen LogP contribution in [0.3, 0.4) is 0 Å². The molecule has 0 unspecified atom stereocenters. The molecular weight excluding hydrogens is 254 g/mol. The van der Waals surface area contributed by atoms with E-state index in [2.05, 4.69) is 15.2 Å². The summed E-state index contributed by atoms with van der Waals surface area (Å²) >= 11 is 3.20. The number of nitrogen functional groups attached to an aromatic ring is 1. The van der Waals surface area contributed by atoms with E-state index in [0.29, 0.717) is 5.69 Å². The van der Waals surface area contributed by atoms with Crippen molar-refractivity contribution in [2.45, 2.75) is 17.0 Å². The molecule has 0 saturated carbocycles. The van der Waals surface area contributed by atoms with Crippen LogP contribution in [0.15, 0.2) is 22.7 Å². The molecule has 0 amide bonds. The Kier molecular flexibility index (Phi) is 3.70. The third-order valence-electron chi connectivity index (χ3n) is 1.97. The van der Waals surface area contributed by atoms with E-state index in [1.165, 1.54) is 0 Å². The van der Waals surface area contributed by atoms with Gasteiger partial charge >= 0.3 is 0 Å². The van der Waals surface area contributed by atoms with Crippen LogP contribution in [0, 0.1) is 12.3 Å². The molecule has 0 atom stereocenters. The molecule has 0 aliphatic heterocycles. The number of hydrogen-bond acceptors (Lipinski definition) is 6. The quantitative estimate of drug-likeness (QED) is 0.500. The lowest BCUT2D eigenvalue weighted by Gasteiger charge is -2.01.